The van der Waals surface area contributed by atoms with Gasteiger partial charge in [0.25, 0.3) is 0 Å². The van der Waals surface area contributed by atoms with Gasteiger partial charge in [-0.3, -0.25) is 9.88 Å². The third kappa shape index (κ3) is 3.07. The quantitative estimate of drug-likeness (QED) is 0.768. The molecule has 1 aromatic rings. The summed E-state index contributed by atoms with van der Waals surface area (Å²) in [5.41, 5.74) is 0.242. The van der Waals surface area contributed by atoms with Gasteiger partial charge in [-0.05, 0) is 20.8 Å². The van der Waals surface area contributed by atoms with Crippen molar-refractivity contribution < 1.29 is 0 Å². The van der Waals surface area contributed by atoms with Crippen molar-refractivity contribution in [1.82, 2.24) is 14.9 Å². The minimum atomic E-state index is 0.242. The molecule has 0 amide bonds. The molecule has 0 atom stereocenters. The van der Waals surface area contributed by atoms with Crippen molar-refractivity contribution in [2.24, 2.45) is 0 Å². The molecule has 0 aromatic carbocycles. The fourth-order valence-corrected chi connectivity index (χ4v) is 2.23. The number of rotatable bonds is 1. The summed E-state index contributed by atoms with van der Waals surface area (Å²) in [7, 11) is 0. The molecular formula is C12H19ClN4. The van der Waals surface area contributed by atoms with E-state index in [-0.39, 0.29) is 5.54 Å². The molecule has 1 fully saturated rings. The lowest BCUT2D eigenvalue weighted by atomic mass is 10.1. The van der Waals surface area contributed by atoms with Crippen molar-refractivity contribution in [3.8, 4) is 0 Å². The molecule has 0 bridgehead atoms. The molecule has 0 radical (unpaired) electrons. The summed E-state index contributed by atoms with van der Waals surface area (Å²) in [6.07, 6.45) is 3.34. The lowest BCUT2D eigenvalue weighted by Crippen LogP contribution is -2.53. The Labute approximate surface area is 108 Å². The molecule has 0 unspecified atom stereocenters. The topological polar surface area (TPSA) is 32.3 Å². The van der Waals surface area contributed by atoms with Crippen LogP contribution < -0.4 is 4.90 Å². The highest BCUT2D eigenvalue weighted by atomic mass is 35.5. The summed E-state index contributed by atoms with van der Waals surface area (Å²) in [5, 5.41) is 0.459. The number of halogens is 1. The number of hydrogen-bond acceptors (Lipinski definition) is 4. The standard InChI is InChI=1S/C12H19ClN4/c1-12(2,3)17-6-4-16(5-7-17)11-9-14-8-10(13)15-11/h8-9H,4-7H2,1-3H3. The second-order valence-corrected chi connectivity index (χ2v) is 5.73. The van der Waals surface area contributed by atoms with E-state index in [1.165, 1.54) is 0 Å². The molecular weight excluding hydrogens is 236 g/mol. The first-order chi connectivity index (χ1) is 7.97. The van der Waals surface area contributed by atoms with E-state index < -0.39 is 0 Å². The predicted octanol–water partition coefficient (Wildman–Crippen LogP) is 2.05. The van der Waals surface area contributed by atoms with Gasteiger partial charge in [0.1, 0.15) is 11.0 Å². The fraction of sp³-hybridized carbons (Fsp3) is 0.667. The van der Waals surface area contributed by atoms with E-state index in [0.717, 1.165) is 32.0 Å². The minimum Gasteiger partial charge on any atom is -0.353 e. The summed E-state index contributed by atoms with van der Waals surface area (Å²) >= 11 is 5.85. The van der Waals surface area contributed by atoms with Gasteiger partial charge in [-0.15, -0.1) is 0 Å². The number of anilines is 1. The summed E-state index contributed by atoms with van der Waals surface area (Å²) in [6.45, 7) is 10.8. The van der Waals surface area contributed by atoms with E-state index in [4.69, 9.17) is 11.6 Å². The van der Waals surface area contributed by atoms with Gasteiger partial charge in [-0.1, -0.05) is 11.6 Å². The maximum atomic E-state index is 5.85. The van der Waals surface area contributed by atoms with Gasteiger partial charge in [-0.2, -0.15) is 0 Å². The zero-order valence-corrected chi connectivity index (χ0v) is 11.4. The smallest absolute Gasteiger partial charge is 0.149 e. The highest BCUT2D eigenvalue weighted by Crippen LogP contribution is 2.19. The third-order valence-electron chi connectivity index (χ3n) is 3.14. The van der Waals surface area contributed by atoms with Crippen LogP contribution in [0.15, 0.2) is 12.4 Å². The van der Waals surface area contributed by atoms with Gasteiger partial charge in [0.2, 0.25) is 0 Å². The lowest BCUT2D eigenvalue weighted by Gasteiger charge is -2.42. The molecule has 0 saturated carbocycles. The van der Waals surface area contributed by atoms with Crippen molar-refractivity contribution >= 4 is 17.4 Å². The molecule has 17 heavy (non-hydrogen) atoms. The zero-order chi connectivity index (χ0) is 12.5. The van der Waals surface area contributed by atoms with Gasteiger partial charge < -0.3 is 4.90 Å². The summed E-state index contributed by atoms with van der Waals surface area (Å²) in [6, 6.07) is 0. The Morgan fingerprint density at radius 1 is 1.12 bits per heavy atom. The highest BCUT2D eigenvalue weighted by molar-refractivity contribution is 6.29. The van der Waals surface area contributed by atoms with Crippen LogP contribution in [0.1, 0.15) is 20.8 Å². The maximum Gasteiger partial charge on any atom is 0.149 e. The summed E-state index contributed by atoms with van der Waals surface area (Å²) < 4.78 is 0. The second-order valence-electron chi connectivity index (χ2n) is 5.34. The van der Waals surface area contributed by atoms with E-state index in [1.54, 1.807) is 12.4 Å². The van der Waals surface area contributed by atoms with Crippen LogP contribution in [-0.4, -0.2) is 46.6 Å². The SMILES string of the molecule is CC(C)(C)N1CCN(c2cncc(Cl)n2)CC1. The number of aromatic nitrogens is 2. The molecule has 1 aromatic heterocycles. The molecule has 1 saturated heterocycles. The van der Waals surface area contributed by atoms with E-state index in [0.29, 0.717) is 5.15 Å². The van der Waals surface area contributed by atoms with E-state index in [1.807, 2.05) is 0 Å². The largest absolute Gasteiger partial charge is 0.353 e. The average molecular weight is 255 g/mol. The molecule has 5 heteroatoms. The van der Waals surface area contributed by atoms with Crippen molar-refractivity contribution in [2.45, 2.75) is 26.3 Å². The first-order valence-electron chi connectivity index (χ1n) is 5.94. The van der Waals surface area contributed by atoms with Gasteiger partial charge in [0.15, 0.2) is 0 Å². The molecule has 2 rings (SSSR count). The van der Waals surface area contributed by atoms with Crippen LogP contribution >= 0.6 is 11.6 Å². The van der Waals surface area contributed by atoms with Crippen molar-refractivity contribution in [2.75, 3.05) is 31.1 Å². The summed E-state index contributed by atoms with van der Waals surface area (Å²) in [4.78, 5) is 13.1. The van der Waals surface area contributed by atoms with Crippen molar-refractivity contribution in [1.29, 1.82) is 0 Å². The molecule has 2 heterocycles. The fourth-order valence-electron chi connectivity index (χ4n) is 2.09. The molecule has 0 N–H and O–H groups in total. The monoisotopic (exact) mass is 254 g/mol. The van der Waals surface area contributed by atoms with E-state index >= 15 is 0 Å². The van der Waals surface area contributed by atoms with Crippen LogP contribution in [0.4, 0.5) is 5.82 Å². The first kappa shape index (κ1) is 12.6. The minimum absolute atomic E-state index is 0.242. The van der Waals surface area contributed by atoms with Gasteiger partial charge in [-0.25, -0.2) is 4.98 Å². The molecule has 1 aliphatic rings. The Hall–Kier alpha value is -0.870. The van der Waals surface area contributed by atoms with Crippen molar-refractivity contribution in [3.05, 3.63) is 17.5 Å². The molecule has 1 aliphatic heterocycles. The van der Waals surface area contributed by atoms with Crippen LogP contribution in [-0.2, 0) is 0 Å². The molecule has 0 spiro atoms. The Morgan fingerprint density at radius 3 is 2.29 bits per heavy atom. The number of piperazine rings is 1. The van der Waals surface area contributed by atoms with Crippen LogP contribution in [0.25, 0.3) is 0 Å². The average Bonchev–Trinajstić information content (AvgIpc) is 2.28. The second kappa shape index (κ2) is 4.78. The third-order valence-corrected chi connectivity index (χ3v) is 3.33. The van der Waals surface area contributed by atoms with Crippen LogP contribution in [0.5, 0.6) is 0 Å². The maximum absolute atomic E-state index is 5.85. The Morgan fingerprint density at radius 2 is 1.76 bits per heavy atom. The molecule has 4 nitrogen and oxygen atoms in total. The summed E-state index contributed by atoms with van der Waals surface area (Å²) in [5.74, 6) is 0.881. The Balaban J connectivity index is 2.00. The van der Waals surface area contributed by atoms with Gasteiger partial charge in [0, 0.05) is 31.7 Å². The van der Waals surface area contributed by atoms with Crippen LogP contribution in [0, 0.1) is 0 Å². The zero-order valence-electron chi connectivity index (χ0n) is 10.6. The van der Waals surface area contributed by atoms with Gasteiger partial charge >= 0.3 is 0 Å². The Bertz CT molecular complexity index is 380. The van der Waals surface area contributed by atoms with Gasteiger partial charge in [0.05, 0.1) is 12.4 Å². The highest BCUT2D eigenvalue weighted by Gasteiger charge is 2.26. The van der Waals surface area contributed by atoms with Crippen molar-refractivity contribution in [3.63, 3.8) is 0 Å². The number of nitrogens with zero attached hydrogens (tertiary/aromatic N) is 4. The Kier molecular flexibility index (Phi) is 3.54. The normalized spacial score (nSPS) is 18.5. The van der Waals surface area contributed by atoms with Crippen LogP contribution in [0.3, 0.4) is 0 Å². The number of hydrogen-bond donors (Lipinski definition) is 0. The predicted molar refractivity (Wildman–Crippen MR) is 70.6 cm³/mol. The first-order valence-corrected chi connectivity index (χ1v) is 6.32. The van der Waals surface area contributed by atoms with E-state index in [9.17, 15) is 0 Å². The molecule has 0 aliphatic carbocycles. The van der Waals surface area contributed by atoms with Crippen LogP contribution in [0.2, 0.25) is 5.15 Å². The molecule has 94 valence electrons. The lowest BCUT2D eigenvalue weighted by molar-refractivity contribution is 0.128. The van der Waals surface area contributed by atoms with E-state index in [2.05, 4.69) is 40.5 Å².